The first-order chi connectivity index (χ1) is 8.10. The Kier molecular flexibility index (Phi) is 5.89. The van der Waals surface area contributed by atoms with E-state index in [-0.39, 0.29) is 5.82 Å². The third-order valence-corrected chi connectivity index (χ3v) is 2.81. The van der Waals surface area contributed by atoms with Gasteiger partial charge < -0.3 is 9.47 Å². The minimum Gasteiger partial charge on any atom is -0.353 e. The van der Waals surface area contributed by atoms with Crippen molar-refractivity contribution in [1.82, 2.24) is 0 Å². The molecule has 2 nitrogen and oxygen atoms in total. The van der Waals surface area contributed by atoms with Crippen LogP contribution in [0.2, 0.25) is 5.02 Å². The summed E-state index contributed by atoms with van der Waals surface area (Å²) in [5.41, 5.74) is 1.04. The van der Waals surface area contributed by atoms with Crippen LogP contribution < -0.4 is 0 Å². The SMILES string of the molecule is CCOC(Cc1c(Cl)ccc(C)c1F)OCC. The fourth-order valence-electron chi connectivity index (χ4n) is 1.61. The van der Waals surface area contributed by atoms with Crippen molar-refractivity contribution in [2.75, 3.05) is 13.2 Å². The molecule has 0 aliphatic rings. The molecule has 0 N–H and O–H groups in total. The van der Waals surface area contributed by atoms with E-state index < -0.39 is 6.29 Å². The second-order valence-corrected chi connectivity index (χ2v) is 4.11. The van der Waals surface area contributed by atoms with E-state index in [0.29, 0.717) is 35.8 Å². The van der Waals surface area contributed by atoms with Gasteiger partial charge in [0.2, 0.25) is 0 Å². The predicted octanol–water partition coefficient (Wildman–Crippen LogP) is 3.73. The summed E-state index contributed by atoms with van der Waals surface area (Å²) in [4.78, 5) is 0. The van der Waals surface area contributed by atoms with Crippen molar-refractivity contribution < 1.29 is 13.9 Å². The van der Waals surface area contributed by atoms with Gasteiger partial charge in [-0.1, -0.05) is 17.7 Å². The summed E-state index contributed by atoms with van der Waals surface area (Å²) in [6.45, 7) is 6.51. The van der Waals surface area contributed by atoms with Crippen LogP contribution in [0.3, 0.4) is 0 Å². The number of rotatable bonds is 6. The van der Waals surface area contributed by atoms with Gasteiger partial charge in [0.1, 0.15) is 5.82 Å². The lowest BCUT2D eigenvalue weighted by molar-refractivity contribution is -0.134. The van der Waals surface area contributed by atoms with Crippen LogP contribution in [-0.4, -0.2) is 19.5 Å². The normalized spacial score (nSPS) is 11.2. The summed E-state index contributed by atoms with van der Waals surface area (Å²) >= 11 is 5.99. The smallest absolute Gasteiger partial charge is 0.161 e. The van der Waals surface area contributed by atoms with E-state index in [0.717, 1.165) is 0 Å². The van der Waals surface area contributed by atoms with E-state index >= 15 is 0 Å². The zero-order valence-electron chi connectivity index (χ0n) is 10.4. The standard InChI is InChI=1S/C13H18ClFO2/c1-4-16-12(17-5-2)8-10-11(14)7-6-9(3)13(10)15/h6-7,12H,4-5,8H2,1-3H3. The summed E-state index contributed by atoms with van der Waals surface area (Å²) in [6.07, 6.45) is -0.118. The fraction of sp³-hybridized carbons (Fsp3) is 0.538. The third-order valence-electron chi connectivity index (χ3n) is 2.46. The Morgan fingerprint density at radius 2 is 1.82 bits per heavy atom. The quantitative estimate of drug-likeness (QED) is 0.726. The summed E-state index contributed by atoms with van der Waals surface area (Å²) in [5, 5.41) is 0.414. The molecule has 0 unspecified atom stereocenters. The lowest BCUT2D eigenvalue weighted by atomic mass is 10.1. The Hall–Kier alpha value is -0.640. The molecule has 4 heteroatoms. The molecule has 0 heterocycles. The van der Waals surface area contributed by atoms with Gasteiger partial charge in [-0.2, -0.15) is 0 Å². The summed E-state index contributed by atoms with van der Waals surface area (Å²) in [6, 6.07) is 3.36. The Labute approximate surface area is 107 Å². The molecule has 0 radical (unpaired) electrons. The molecular formula is C13H18ClFO2. The van der Waals surface area contributed by atoms with Crippen LogP contribution in [-0.2, 0) is 15.9 Å². The van der Waals surface area contributed by atoms with Crippen molar-refractivity contribution in [2.24, 2.45) is 0 Å². The minimum atomic E-state index is -0.446. The van der Waals surface area contributed by atoms with Crippen molar-refractivity contribution in [1.29, 1.82) is 0 Å². The minimum absolute atomic E-state index is 0.276. The van der Waals surface area contributed by atoms with Crippen molar-refractivity contribution in [2.45, 2.75) is 33.5 Å². The van der Waals surface area contributed by atoms with Crippen molar-refractivity contribution >= 4 is 11.6 Å². The highest BCUT2D eigenvalue weighted by Crippen LogP contribution is 2.24. The number of hydrogen-bond donors (Lipinski definition) is 0. The zero-order valence-corrected chi connectivity index (χ0v) is 11.2. The van der Waals surface area contributed by atoms with E-state index in [9.17, 15) is 4.39 Å². The lowest BCUT2D eigenvalue weighted by Gasteiger charge is -2.18. The predicted molar refractivity (Wildman–Crippen MR) is 66.9 cm³/mol. The first-order valence-corrected chi connectivity index (χ1v) is 6.14. The largest absolute Gasteiger partial charge is 0.353 e. The maximum Gasteiger partial charge on any atom is 0.161 e. The molecule has 1 aromatic rings. The molecule has 0 spiro atoms. The molecule has 0 amide bonds. The molecule has 0 bridgehead atoms. The van der Waals surface area contributed by atoms with Gasteiger partial charge in [0.25, 0.3) is 0 Å². The van der Waals surface area contributed by atoms with Crippen LogP contribution in [0.25, 0.3) is 0 Å². The highest BCUT2D eigenvalue weighted by Gasteiger charge is 2.16. The van der Waals surface area contributed by atoms with Crippen molar-refractivity contribution in [3.8, 4) is 0 Å². The van der Waals surface area contributed by atoms with E-state index in [1.807, 2.05) is 13.8 Å². The molecule has 0 saturated heterocycles. The fourth-order valence-corrected chi connectivity index (χ4v) is 1.83. The van der Waals surface area contributed by atoms with Crippen LogP contribution in [0.4, 0.5) is 4.39 Å². The maximum absolute atomic E-state index is 13.9. The van der Waals surface area contributed by atoms with E-state index in [1.165, 1.54) is 0 Å². The van der Waals surface area contributed by atoms with Crippen LogP contribution in [0.15, 0.2) is 12.1 Å². The number of hydrogen-bond acceptors (Lipinski definition) is 2. The first kappa shape index (κ1) is 14.4. The van der Waals surface area contributed by atoms with Crippen LogP contribution in [0.5, 0.6) is 0 Å². The van der Waals surface area contributed by atoms with Gasteiger partial charge in [-0.25, -0.2) is 4.39 Å². The summed E-state index contributed by atoms with van der Waals surface area (Å²) in [5.74, 6) is -0.276. The highest BCUT2D eigenvalue weighted by atomic mass is 35.5. The lowest BCUT2D eigenvalue weighted by Crippen LogP contribution is -2.21. The Morgan fingerprint density at radius 1 is 1.24 bits per heavy atom. The van der Waals surface area contributed by atoms with Gasteiger partial charge in [-0.05, 0) is 32.4 Å². The van der Waals surface area contributed by atoms with Crippen LogP contribution in [0.1, 0.15) is 25.0 Å². The molecule has 0 atom stereocenters. The molecular weight excluding hydrogens is 243 g/mol. The second-order valence-electron chi connectivity index (χ2n) is 3.70. The van der Waals surface area contributed by atoms with Crippen molar-refractivity contribution in [3.63, 3.8) is 0 Å². The van der Waals surface area contributed by atoms with Crippen LogP contribution in [0, 0.1) is 12.7 Å². The average molecular weight is 261 g/mol. The monoisotopic (exact) mass is 260 g/mol. The Bertz CT molecular complexity index is 363. The van der Waals surface area contributed by atoms with Crippen LogP contribution >= 0.6 is 11.6 Å². The Morgan fingerprint density at radius 3 is 2.35 bits per heavy atom. The molecule has 0 aliphatic heterocycles. The summed E-state index contributed by atoms with van der Waals surface area (Å²) in [7, 11) is 0. The van der Waals surface area contributed by atoms with Gasteiger partial charge in [0.05, 0.1) is 0 Å². The van der Waals surface area contributed by atoms with Gasteiger partial charge in [-0.3, -0.25) is 0 Å². The third kappa shape index (κ3) is 3.95. The topological polar surface area (TPSA) is 18.5 Å². The number of halogens is 2. The molecule has 17 heavy (non-hydrogen) atoms. The number of aryl methyl sites for hydroxylation is 1. The molecule has 0 aliphatic carbocycles. The van der Waals surface area contributed by atoms with Crippen molar-refractivity contribution in [3.05, 3.63) is 34.1 Å². The molecule has 1 aromatic carbocycles. The van der Waals surface area contributed by atoms with E-state index in [4.69, 9.17) is 21.1 Å². The average Bonchev–Trinajstić information content (AvgIpc) is 2.30. The van der Waals surface area contributed by atoms with Gasteiger partial charge in [0, 0.05) is 30.2 Å². The highest BCUT2D eigenvalue weighted by molar-refractivity contribution is 6.31. The Balaban J connectivity index is 2.88. The molecule has 0 aromatic heterocycles. The van der Waals surface area contributed by atoms with E-state index in [2.05, 4.69) is 0 Å². The van der Waals surface area contributed by atoms with E-state index in [1.54, 1.807) is 19.1 Å². The molecule has 96 valence electrons. The van der Waals surface area contributed by atoms with Gasteiger partial charge in [0.15, 0.2) is 6.29 Å². The molecule has 0 saturated carbocycles. The van der Waals surface area contributed by atoms with Gasteiger partial charge in [-0.15, -0.1) is 0 Å². The summed E-state index contributed by atoms with van der Waals surface area (Å²) < 4.78 is 24.7. The second kappa shape index (κ2) is 6.94. The molecule has 0 fully saturated rings. The molecule has 1 rings (SSSR count). The zero-order chi connectivity index (χ0) is 12.8. The number of benzene rings is 1. The number of ether oxygens (including phenoxy) is 2. The maximum atomic E-state index is 13.9. The first-order valence-electron chi connectivity index (χ1n) is 5.76. The van der Waals surface area contributed by atoms with Gasteiger partial charge >= 0.3 is 0 Å².